The molecule has 0 saturated carbocycles. The number of carbonyl (C=O) groups excluding carboxylic acids is 1. The van der Waals surface area contributed by atoms with Gasteiger partial charge in [-0.3, -0.25) is 4.79 Å². The normalized spacial score (nSPS) is 18.6. The minimum atomic E-state index is -0.547. The van der Waals surface area contributed by atoms with Gasteiger partial charge < -0.3 is 9.31 Å². The second-order valence-corrected chi connectivity index (χ2v) is 7.49. The number of benzene rings is 2. The Labute approximate surface area is 148 Å². The molecule has 124 valence electrons. The Morgan fingerprint density at radius 3 is 2.00 bits per heavy atom. The van der Waals surface area contributed by atoms with Crippen molar-refractivity contribution in [2.24, 2.45) is 0 Å². The third-order valence-electron chi connectivity index (χ3n) is 4.90. The Balaban J connectivity index is 1.96. The monoisotopic (exact) mass is 342 g/mol. The summed E-state index contributed by atoms with van der Waals surface area (Å²) in [7, 11) is -0.547. The molecule has 24 heavy (non-hydrogen) atoms. The van der Waals surface area contributed by atoms with Crippen LogP contribution in [0.2, 0.25) is 5.02 Å². The van der Waals surface area contributed by atoms with Crippen LogP contribution in [0.1, 0.15) is 38.1 Å². The Morgan fingerprint density at radius 2 is 1.46 bits per heavy atom. The van der Waals surface area contributed by atoms with Crippen LogP contribution >= 0.6 is 11.6 Å². The first-order valence-corrected chi connectivity index (χ1v) is 8.32. The lowest BCUT2D eigenvalue weighted by Gasteiger charge is -2.32. The van der Waals surface area contributed by atoms with E-state index in [1.165, 1.54) is 0 Å². The van der Waals surface area contributed by atoms with Crippen molar-refractivity contribution in [1.29, 1.82) is 0 Å². The van der Waals surface area contributed by atoms with Crippen molar-refractivity contribution in [3.8, 4) is 11.1 Å². The van der Waals surface area contributed by atoms with Crippen LogP contribution in [0.5, 0.6) is 0 Å². The third kappa shape index (κ3) is 3.02. The number of halogens is 1. The summed E-state index contributed by atoms with van der Waals surface area (Å²) >= 11 is 5.93. The van der Waals surface area contributed by atoms with Crippen LogP contribution in [0.4, 0.5) is 0 Å². The first-order chi connectivity index (χ1) is 11.2. The number of hydrogen-bond donors (Lipinski definition) is 0. The topological polar surface area (TPSA) is 35.5 Å². The molecular weight excluding hydrogens is 322 g/mol. The zero-order chi connectivity index (χ0) is 17.5. The maximum Gasteiger partial charge on any atom is 0.495 e. The van der Waals surface area contributed by atoms with E-state index in [4.69, 9.17) is 20.9 Å². The molecular formula is C19H20BClO3. The fourth-order valence-electron chi connectivity index (χ4n) is 2.68. The number of aldehydes is 1. The quantitative estimate of drug-likeness (QED) is 0.622. The van der Waals surface area contributed by atoms with Crippen molar-refractivity contribution in [1.82, 2.24) is 0 Å². The van der Waals surface area contributed by atoms with E-state index in [9.17, 15) is 4.79 Å². The molecule has 3 rings (SSSR count). The molecule has 5 heteroatoms. The summed E-state index contributed by atoms with van der Waals surface area (Å²) < 4.78 is 12.1. The molecule has 3 nitrogen and oxygen atoms in total. The molecule has 0 atom stereocenters. The number of carbonyl (C=O) groups is 1. The van der Waals surface area contributed by atoms with Gasteiger partial charge in [-0.2, -0.15) is 0 Å². The van der Waals surface area contributed by atoms with E-state index in [0.717, 1.165) is 22.9 Å². The van der Waals surface area contributed by atoms with E-state index >= 15 is 0 Å². The summed E-state index contributed by atoms with van der Waals surface area (Å²) in [6.45, 7) is 7.98. The van der Waals surface area contributed by atoms with Crippen LogP contribution in [0.3, 0.4) is 0 Å². The molecule has 0 unspecified atom stereocenters. The highest BCUT2D eigenvalue weighted by Crippen LogP contribution is 2.36. The van der Waals surface area contributed by atoms with Crippen LogP contribution in [0, 0.1) is 0 Å². The molecule has 0 N–H and O–H groups in total. The number of hydrogen-bond acceptors (Lipinski definition) is 3. The van der Waals surface area contributed by atoms with Gasteiger partial charge in [-0.15, -0.1) is 0 Å². The van der Waals surface area contributed by atoms with E-state index in [1.54, 1.807) is 0 Å². The molecule has 1 heterocycles. The van der Waals surface area contributed by atoms with Gasteiger partial charge in [-0.1, -0.05) is 35.9 Å². The Morgan fingerprint density at radius 1 is 0.917 bits per heavy atom. The maximum absolute atomic E-state index is 11.6. The average molecular weight is 343 g/mol. The van der Waals surface area contributed by atoms with E-state index in [0.29, 0.717) is 10.6 Å². The summed E-state index contributed by atoms with van der Waals surface area (Å²) in [4.78, 5) is 11.6. The Bertz CT molecular complexity index is 753. The standard InChI is InChI=1S/C19H20BClO3/c1-18(2)19(3,4)24-20(23-18)17-10-7-14(11-15(17)12-22)13-5-8-16(21)9-6-13/h5-12H,1-4H3. The summed E-state index contributed by atoms with van der Waals surface area (Å²) in [6, 6.07) is 13.3. The average Bonchev–Trinajstić information content (AvgIpc) is 2.75. The molecule has 1 aliphatic rings. The molecule has 2 aromatic carbocycles. The molecule has 0 aliphatic carbocycles. The van der Waals surface area contributed by atoms with Gasteiger partial charge in [0.2, 0.25) is 0 Å². The predicted octanol–water partition coefficient (Wildman–Crippen LogP) is 4.12. The van der Waals surface area contributed by atoms with Crippen molar-refractivity contribution >= 4 is 30.5 Å². The summed E-state index contributed by atoms with van der Waals surface area (Å²) in [5.74, 6) is 0. The van der Waals surface area contributed by atoms with Crippen LogP contribution in [0.25, 0.3) is 11.1 Å². The molecule has 0 radical (unpaired) electrons. The van der Waals surface area contributed by atoms with Gasteiger partial charge in [0.05, 0.1) is 11.2 Å². The van der Waals surface area contributed by atoms with Gasteiger partial charge in [0.25, 0.3) is 0 Å². The van der Waals surface area contributed by atoms with Gasteiger partial charge >= 0.3 is 7.12 Å². The van der Waals surface area contributed by atoms with Gasteiger partial charge in [-0.25, -0.2) is 0 Å². The maximum atomic E-state index is 11.6. The van der Waals surface area contributed by atoms with Crippen molar-refractivity contribution in [3.05, 3.63) is 53.1 Å². The molecule has 0 aromatic heterocycles. The largest absolute Gasteiger partial charge is 0.495 e. The molecule has 1 aliphatic heterocycles. The highest BCUT2D eigenvalue weighted by atomic mass is 35.5. The highest BCUT2D eigenvalue weighted by Gasteiger charge is 2.52. The van der Waals surface area contributed by atoms with Gasteiger partial charge in [0.15, 0.2) is 0 Å². The summed E-state index contributed by atoms with van der Waals surface area (Å²) in [6.07, 6.45) is 0.847. The molecule has 0 amide bonds. The van der Waals surface area contributed by atoms with Crippen molar-refractivity contribution in [2.45, 2.75) is 38.9 Å². The zero-order valence-electron chi connectivity index (χ0n) is 14.3. The van der Waals surface area contributed by atoms with Crippen LogP contribution < -0.4 is 5.46 Å². The first-order valence-electron chi connectivity index (χ1n) is 7.94. The lowest BCUT2D eigenvalue weighted by molar-refractivity contribution is 0.00578. The minimum absolute atomic E-state index is 0.438. The van der Waals surface area contributed by atoms with Crippen LogP contribution in [-0.2, 0) is 9.31 Å². The van der Waals surface area contributed by atoms with E-state index in [-0.39, 0.29) is 0 Å². The fraction of sp³-hybridized carbons (Fsp3) is 0.316. The van der Waals surface area contributed by atoms with Crippen LogP contribution in [0.15, 0.2) is 42.5 Å². The Hall–Kier alpha value is -1.62. The van der Waals surface area contributed by atoms with Crippen molar-refractivity contribution in [3.63, 3.8) is 0 Å². The van der Waals surface area contributed by atoms with Crippen molar-refractivity contribution in [2.75, 3.05) is 0 Å². The lowest BCUT2D eigenvalue weighted by atomic mass is 9.75. The summed E-state index contributed by atoms with van der Waals surface area (Å²) in [5, 5.41) is 0.684. The molecule has 0 bridgehead atoms. The smallest absolute Gasteiger partial charge is 0.399 e. The molecule has 0 spiro atoms. The minimum Gasteiger partial charge on any atom is -0.399 e. The number of rotatable bonds is 3. The fourth-order valence-corrected chi connectivity index (χ4v) is 2.81. The second kappa shape index (κ2) is 6.03. The second-order valence-electron chi connectivity index (χ2n) is 7.06. The third-order valence-corrected chi connectivity index (χ3v) is 5.15. The summed E-state index contributed by atoms with van der Waals surface area (Å²) in [5.41, 5.74) is 2.40. The Kier molecular flexibility index (Phi) is 4.33. The van der Waals surface area contributed by atoms with E-state index in [1.807, 2.05) is 70.2 Å². The van der Waals surface area contributed by atoms with Crippen LogP contribution in [-0.4, -0.2) is 24.6 Å². The predicted molar refractivity (Wildman–Crippen MR) is 98.0 cm³/mol. The van der Waals surface area contributed by atoms with Gasteiger partial charge in [0.1, 0.15) is 6.29 Å². The first kappa shape index (κ1) is 17.2. The molecule has 2 aromatic rings. The lowest BCUT2D eigenvalue weighted by Crippen LogP contribution is -2.41. The van der Waals surface area contributed by atoms with Gasteiger partial charge in [-0.05, 0) is 62.5 Å². The molecule has 1 saturated heterocycles. The highest BCUT2D eigenvalue weighted by molar-refractivity contribution is 6.63. The van der Waals surface area contributed by atoms with Gasteiger partial charge in [0, 0.05) is 10.6 Å². The van der Waals surface area contributed by atoms with E-state index in [2.05, 4.69) is 0 Å². The van der Waals surface area contributed by atoms with E-state index < -0.39 is 18.3 Å². The SMILES string of the molecule is CC1(C)OB(c2ccc(-c3ccc(Cl)cc3)cc2C=O)OC1(C)C. The zero-order valence-corrected chi connectivity index (χ0v) is 15.1. The molecule has 1 fully saturated rings. The van der Waals surface area contributed by atoms with Crippen molar-refractivity contribution < 1.29 is 14.1 Å².